The zero-order valence-electron chi connectivity index (χ0n) is 9.84. The van der Waals surface area contributed by atoms with Crippen LogP contribution in [0.15, 0.2) is 42.7 Å². The van der Waals surface area contributed by atoms with Gasteiger partial charge in [0.05, 0.1) is 12.4 Å². The van der Waals surface area contributed by atoms with Crippen LogP contribution in [0, 0.1) is 0 Å². The van der Waals surface area contributed by atoms with Crippen molar-refractivity contribution < 1.29 is 4.79 Å². The molecule has 0 aliphatic rings. The molecule has 0 unspecified atom stereocenters. The maximum absolute atomic E-state index is 10.8. The van der Waals surface area contributed by atoms with E-state index in [-0.39, 0.29) is 5.69 Å². The van der Waals surface area contributed by atoms with Crippen molar-refractivity contribution in [3.63, 3.8) is 0 Å². The highest BCUT2D eigenvalue weighted by molar-refractivity contribution is 5.90. The van der Waals surface area contributed by atoms with Crippen molar-refractivity contribution >= 4 is 11.7 Å². The van der Waals surface area contributed by atoms with E-state index in [1.54, 1.807) is 0 Å². The summed E-state index contributed by atoms with van der Waals surface area (Å²) in [6.45, 7) is 0.759. The average Bonchev–Trinajstić information content (AvgIpc) is 2.40. The summed E-state index contributed by atoms with van der Waals surface area (Å²) in [6.07, 6.45) is 3.78. The summed E-state index contributed by atoms with van der Waals surface area (Å²) < 4.78 is 0. The predicted octanol–water partition coefficient (Wildman–Crippen LogP) is 1.23. The fourth-order valence-corrected chi connectivity index (χ4v) is 1.53. The van der Waals surface area contributed by atoms with E-state index in [0.717, 1.165) is 13.0 Å². The molecule has 0 radical (unpaired) electrons. The van der Waals surface area contributed by atoms with Gasteiger partial charge in [-0.3, -0.25) is 4.79 Å². The minimum Gasteiger partial charge on any atom is -0.368 e. The van der Waals surface area contributed by atoms with Gasteiger partial charge in [-0.1, -0.05) is 30.3 Å². The van der Waals surface area contributed by atoms with Gasteiger partial charge in [-0.25, -0.2) is 9.97 Å². The Hall–Kier alpha value is -2.43. The third-order valence-corrected chi connectivity index (χ3v) is 2.47. The van der Waals surface area contributed by atoms with Crippen LogP contribution in [0.25, 0.3) is 0 Å². The number of nitrogens with two attached hydrogens (primary N) is 1. The molecular formula is C13H14N4O. The molecule has 2 aromatic rings. The molecule has 0 spiro atoms. The van der Waals surface area contributed by atoms with Gasteiger partial charge in [0.1, 0.15) is 11.5 Å². The molecule has 1 aromatic carbocycles. The van der Waals surface area contributed by atoms with Crippen LogP contribution in [-0.4, -0.2) is 22.4 Å². The first-order chi connectivity index (χ1) is 8.75. The Morgan fingerprint density at radius 1 is 1.17 bits per heavy atom. The standard InChI is InChI=1S/C13H14N4O/c14-13(18)11-8-17-12(9-16-11)15-7-6-10-4-2-1-3-5-10/h1-5,8-9H,6-7H2,(H2,14,18)(H,15,17). The number of carbonyl (C=O) groups is 1. The lowest BCUT2D eigenvalue weighted by Crippen LogP contribution is -2.14. The number of benzene rings is 1. The maximum Gasteiger partial charge on any atom is 0.268 e. The van der Waals surface area contributed by atoms with Gasteiger partial charge in [-0.2, -0.15) is 0 Å². The summed E-state index contributed by atoms with van der Waals surface area (Å²) in [5.41, 5.74) is 6.50. The lowest BCUT2D eigenvalue weighted by molar-refractivity contribution is 0.0995. The zero-order valence-corrected chi connectivity index (χ0v) is 9.84. The molecule has 0 atom stereocenters. The highest BCUT2D eigenvalue weighted by atomic mass is 16.1. The highest BCUT2D eigenvalue weighted by Gasteiger charge is 2.02. The number of aromatic nitrogens is 2. The molecule has 0 aliphatic carbocycles. The Balaban J connectivity index is 1.85. The maximum atomic E-state index is 10.8. The van der Waals surface area contributed by atoms with Crippen LogP contribution in [-0.2, 0) is 6.42 Å². The summed E-state index contributed by atoms with van der Waals surface area (Å²) in [7, 11) is 0. The van der Waals surface area contributed by atoms with Gasteiger partial charge >= 0.3 is 0 Å². The number of primary amides is 1. The molecule has 92 valence electrons. The lowest BCUT2D eigenvalue weighted by Gasteiger charge is -2.05. The number of anilines is 1. The van der Waals surface area contributed by atoms with Crippen LogP contribution < -0.4 is 11.1 Å². The van der Waals surface area contributed by atoms with E-state index >= 15 is 0 Å². The Morgan fingerprint density at radius 2 is 1.94 bits per heavy atom. The summed E-state index contributed by atoms with van der Waals surface area (Å²) in [5.74, 6) is 0.0641. The molecule has 5 heteroatoms. The molecule has 18 heavy (non-hydrogen) atoms. The Kier molecular flexibility index (Phi) is 3.86. The fourth-order valence-electron chi connectivity index (χ4n) is 1.53. The van der Waals surface area contributed by atoms with Crippen LogP contribution in [0.3, 0.4) is 0 Å². The largest absolute Gasteiger partial charge is 0.368 e. The number of hydrogen-bond acceptors (Lipinski definition) is 4. The van der Waals surface area contributed by atoms with Crippen LogP contribution in [0.1, 0.15) is 16.1 Å². The van der Waals surface area contributed by atoms with Crippen molar-refractivity contribution in [2.45, 2.75) is 6.42 Å². The fraction of sp³-hybridized carbons (Fsp3) is 0.154. The van der Waals surface area contributed by atoms with Crippen LogP contribution >= 0.6 is 0 Å². The number of nitrogens with zero attached hydrogens (tertiary/aromatic N) is 2. The van der Waals surface area contributed by atoms with Gasteiger partial charge < -0.3 is 11.1 Å². The smallest absolute Gasteiger partial charge is 0.268 e. The molecule has 0 saturated heterocycles. The van der Waals surface area contributed by atoms with Gasteiger partial charge in [-0.05, 0) is 12.0 Å². The van der Waals surface area contributed by atoms with E-state index in [2.05, 4.69) is 27.4 Å². The van der Waals surface area contributed by atoms with Gasteiger partial charge in [0.2, 0.25) is 0 Å². The average molecular weight is 242 g/mol. The number of nitrogens with one attached hydrogen (secondary N) is 1. The van der Waals surface area contributed by atoms with Crippen LogP contribution in [0.2, 0.25) is 0 Å². The van der Waals surface area contributed by atoms with Gasteiger partial charge in [0.15, 0.2) is 0 Å². The lowest BCUT2D eigenvalue weighted by atomic mass is 10.1. The van der Waals surface area contributed by atoms with E-state index in [1.165, 1.54) is 18.0 Å². The second-order valence-electron chi connectivity index (χ2n) is 3.81. The summed E-state index contributed by atoms with van der Waals surface area (Å²) >= 11 is 0. The van der Waals surface area contributed by atoms with Gasteiger partial charge in [-0.15, -0.1) is 0 Å². The minimum atomic E-state index is -0.571. The first kappa shape index (κ1) is 12.0. The quantitative estimate of drug-likeness (QED) is 0.826. The van der Waals surface area contributed by atoms with E-state index in [9.17, 15) is 4.79 Å². The summed E-state index contributed by atoms with van der Waals surface area (Å²) in [5, 5.41) is 3.13. The molecule has 0 saturated carbocycles. The first-order valence-corrected chi connectivity index (χ1v) is 5.65. The van der Waals surface area contributed by atoms with Gasteiger partial charge in [0, 0.05) is 6.54 Å². The molecular weight excluding hydrogens is 228 g/mol. The number of rotatable bonds is 5. The molecule has 0 aliphatic heterocycles. The van der Waals surface area contributed by atoms with E-state index in [0.29, 0.717) is 5.82 Å². The number of hydrogen-bond donors (Lipinski definition) is 2. The third-order valence-electron chi connectivity index (χ3n) is 2.47. The molecule has 5 nitrogen and oxygen atoms in total. The van der Waals surface area contributed by atoms with E-state index in [1.807, 2.05) is 18.2 Å². The van der Waals surface area contributed by atoms with E-state index in [4.69, 9.17) is 5.73 Å². The zero-order chi connectivity index (χ0) is 12.8. The van der Waals surface area contributed by atoms with Crippen molar-refractivity contribution in [1.82, 2.24) is 9.97 Å². The van der Waals surface area contributed by atoms with Crippen molar-refractivity contribution in [3.8, 4) is 0 Å². The van der Waals surface area contributed by atoms with Crippen molar-refractivity contribution in [2.75, 3.05) is 11.9 Å². The summed E-state index contributed by atoms with van der Waals surface area (Å²) in [6, 6.07) is 10.2. The topological polar surface area (TPSA) is 80.9 Å². The Bertz CT molecular complexity index is 510. The van der Waals surface area contributed by atoms with Gasteiger partial charge in [0.25, 0.3) is 5.91 Å². The molecule has 1 amide bonds. The molecule has 1 aromatic heterocycles. The third kappa shape index (κ3) is 3.28. The minimum absolute atomic E-state index is 0.170. The molecule has 0 fully saturated rings. The second-order valence-corrected chi connectivity index (χ2v) is 3.81. The number of amides is 1. The van der Waals surface area contributed by atoms with Crippen molar-refractivity contribution in [2.24, 2.45) is 5.73 Å². The van der Waals surface area contributed by atoms with Crippen LogP contribution in [0.4, 0.5) is 5.82 Å². The molecule has 0 bridgehead atoms. The molecule has 1 heterocycles. The summed E-state index contributed by atoms with van der Waals surface area (Å²) in [4.78, 5) is 18.8. The Morgan fingerprint density at radius 3 is 2.56 bits per heavy atom. The predicted molar refractivity (Wildman–Crippen MR) is 69.2 cm³/mol. The SMILES string of the molecule is NC(=O)c1cnc(NCCc2ccccc2)cn1. The van der Waals surface area contributed by atoms with E-state index < -0.39 is 5.91 Å². The Labute approximate surface area is 105 Å². The highest BCUT2D eigenvalue weighted by Crippen LogP contribution is 2.03. The second kappa shape index (κ2) is 5.77. The van der Waals surface area contributed by atoms with Crippen molar-refractivity contribution in [3.05, 3.63) is 54.0 Å². The monoisotopic (exact) mass is 242 g/mol. The molecule has 2 rings (SSSR count). The number of carbonyl (C=O) groups excluding carboxylic acids is 1. The molecule has 3 N–H and O–H groups in total. The van der Waals surface area contributed by atoms with Crippen LogP contribution in [0.5, 0.6) is 0 Å². The first-order valence-electron chi connectivity index (χ1n) is 5.65. The van der Waals surface area contributed by atoms with Crippen molar-refractivity contribution in [1.29, 1.82) is 0 Å². The normalized spacial score (nSPS) is 10.0.